The van der Waals surface area contributed by atoms with Crippen LogP contribution in [0.3, 0.4) is 0 Å². The number of hydrogen-bond donors (Lipinski definition) is 1. The molecule has 0 fully saturated rings. The Morgan fingerprint density at radius 3 is 2.29 bits per heavy atom. The fourth-order valence-corrected chi connectivity index (χ4v) is 4.31. The smallest absolute Gasteiger partial charge is 0.332 e. The standard InChI is InChI=1S/C29H30FNO3/c1-2-3-4-5-6-17-34-24-14-11-21(12-15-24)20-7-9-22(10-8-20)28-19-26(29(32)33)25-18-23(30)13-16-27(25)31-28/h7-16,18-19,25,27H,2-6,17H2,1H3,(H,32,33). The van der Waals surface area contributed by atoms with E-state index in [0.717, 1.165) is 35.5 Å². The SMILES string of the molecule is CCCCCCCOc1ccc(-c2ccc(C3=NC4C=CC(F)=CC4C(C(=O)O)=C3)cc2)cc1. The maximum absolute atomic E-state index is 13.7. The van der Waals surface area contributed by atoms with E-state index in [-0.39, 0.29) is 5.57 Å². The van der Waals surface area contributed by atoms with Crippen LogP contribution in [0.2, 0.25) is 0 Å². The molecule has 1 N–H and O–H groups in total. The summed E-state index contributed by atoms with van der Waals surface area (Å²) in [6.45, 7) is 2.96. The van der Waals surface area contributed by atoms with E-state index in [1.54, 1.807) is 12.2 Å². The van der Waals surface area contributed by atoms with Crippen molar-refractivity contribution < 1.29 is 19.0 Å². The van der Waals surface area contributed by atoms with Gasteiger partial charge in [0.25, 0.3) is 0 Å². The van der Waals surface area contributed by atoms with Crippen LogP contribution in [0.25, 0.3) is 11.1 Å². The van der Waals surface area contributed by atoms with Crippen molar-refractivity contribution in [2.75, 3.05) is 6.61 Å². The number of aliphatic carboxylic acids is 1. The molecule has 1 heterocycles. The first kappa shape index (κ1) is 23.7. The first-order valence-electron chi connectivity index (χ1n) is 12.0. The number of carboxylic acids is 1. The third-order valence-corrected chi connectivity index (χ3v) is 6.23. The Balaban J connectivity index is 1.42. The van der Waals surface area contributed by atoms with E-state index in [1.807, 2.05) is 48.5 Å². The second-order valence-corrected chi connectivity index (χ2v) is 8.71. The molecule has 0 bridgehead atoms. The molecule has 5 heteroatoms. The molecule has 176 valence electrons. The first-order chi connectivity index (χ1) is 16.5. The third-order valence-electron chi connectivity index (χ3n) is 6.23. The highest BCUT2D eigenvalue weighted by atomic mass is 19.1. The van der Waals surface area contributed by atoms with Gasteiger partial charge in [-0.15, -0.1) is 0 Å². The second kappa shape index (κ2) is 11.1. The highest BCUT2D eigenvalue weighted by molar-refractivity contribution is 6.13. The Bertz CT molecular complexity index is 1130. The number of allylic oxidation sites excluding steroid dienone is 3. The van der Waals surface area contributed by atoms with Crippen molar-refractivity contribution in [1.82, 2.24) is 0 Å². The molecule has 2 aliphatic rings. The molecule has 1 aliphatic carbocycles. The summed E-state index contributed by atoms with van der Waals surface area (Å²) >= 11 is 0. The van der Waals surface area contributed by atoms with E-state index >= 15 is 0 Å². The second-order valence-electron chi connectivity index (χ2n) is 8.71. The molecule has 0 spiro atoms. The van der Waals surface area contributed by atoms with Crippen molar-refractivity contribution in [3.8, 4) is 16.9 Å². The molecule has 2 atom stereocenters. The molecular weight excluding hydrogens is 429 g/mol. The molecule has 0 radical (unpaired) electrons. The Morgan fingerprint density at radius 2 is 1.62 bits per heavy atom. The average Bonchev–Trinajstić information content (AvgIpc) is 2.86. The van der Waals surface area contributed by atoms with Crippen LogP contribution in [0.5, 0.6) is 5.75 Å². The number of dihydropyridines is 1. The number of carboxylic acid groups (broad SMARTS) is 1. The minimum Gasteiger partial charge on any atom is -0.494 e. The quantitative estimate of drug-likeness (QED) is 0.392. The highest BCUT2D eigenvalue weighted by Gasteiger charge is 2.32. The van der Waals surface area contributed by atoms with Gasteiger partial charge in [-0.1, -0.05) is 75.1 Å². The summed E-state index contributed by atoms with van der Waals surface area (Å²) in [5.74, 6) is -1.19. The van der Waals surface area contributed by atoms with Crippen molar-refractivity contribution in [2.24, 2.45) is 10.9 Å². The van der Waals surface area contributed by atoms with Crippen LogP contribution in [-0.2, 0) is 4.79 Å². The van der Waals surface area contributed by atoms with Crippen LogP contribution >= 0.6 is 0 Å². The molecule has 1 aliphatic heterocycles. The molecule has 4 nitrogen and oxygen atoms in total. The molecule has 0 saturated carbocycles. The van der Waals surface area contributed by atoms with Gasteiger partial charge in [0.2, 0.25) is 0 Å². The van der Waals surface area contributed by atoms with E-state index in [0.29, 0.717) is 5.71 Å². The van der Waals surface area contributed by atoms with Crippen LogP contribution in [0.1, 0.15) is 44.6 Å². The molecule has 2 unspecified atom stereocenters. The lowest BCUT2D eigenvalue weighted by molar-refractivity contribution is -0.133. The highest BCUT2D eigenvalue weighted by Crippen LogP contribution is 2.32. The zero-order valence-corrected chi connectivity index (χ0v) is 19.4. The van der Waals surface area contributed by atoms with E-state index in [9.17, 15) is 14.3 Å². The van der Waals surface area contributed by atoms with Crippen LogP contribution in [0.15, 0.2) is 89.2 Å². The number of benzene rings is 2. The minimum atomic E-state index is -1.05. The maximum Gasteiger partial charge on any atom is 0.332 e. The van der Waals surface area contributed by atoms with Crippen molar-refractivity contribution in [2.45, 2.75) is 45.1 Å². The van der Waals surface area contributed by atoms with Crippen molar-refractivity contribution in [3.05, 3.63) is 89.8 Å². The normalized spacial score (nSPS) is 19.1. The van der Waals surface area contributed by atoms with Crippen molar-refractivity contribution >= 4 is 11.7 Å². The number of carbonyl (C=O) groups is 1. The summed E-state index contributed by atoms with van der Waals surface area (Å²) in [4.78, 5) is 16.4. The Morgan fingerprint density at radius 1 is 0.971 bits per heavy atom. The van der Waals surface area contributed by atoms with Crippen LogP contribution in [0.4, 0.5) is 4.39 Å². The minimum absolute atomic E-state index is 0.152. The summed E-state index contributed by atoms with van der Waals surface area (Å²) in [6, 6.07) is 15.5. The van der Waals surface area contributed by atoms with Gasteiger partial charge in [0.1, 0.15) is 11.6 Å². The topological polar surface area (TPSA) is 58.9 Å². The molecule has 34 heavy (non-hydrogen) atoms. The fourth-order valence-electron chi connectivity index (χ4n) is 4.31. The lowest BCUT2D eigenvalue weighted by Gasteiger charge is -2.27. The number of rotatable bonds is 10. The fraction of sp³-hybridized carbons (Fsp3) is 0.310. The summed E-state index contributed by atoms with van der Waals surface area (Å²) in [7, 11) is 0. The first-order valence-corrected chi connectivity index (χ1v) is 12.0. The monoisotopic (exact) mass is 459 g/mol. The van der Waals surface area contributed by atoms with Gasteiger partial charge >= 0.3 is 5.97 Å². The molecule has 0 saturated heterocycles. The predicted octanol–water partition coefficient (Wildman–Crippen LogP) is 6.92. The number of fused-ring (bicyclic) bond motifs is 1. The summed E-state index contributed by atoms with van der Waals surface area (Å²) < 4.78 is 19.5. The lowest BCUT2D eigenvalue weighted by atomic mass is 9.84. The molecule has 2 aromatic carbocycles. The van der Waals surface area contributed by atoms with Gasteiger partial charge < -0.3 is 9.84 Å². The average molecular weight is 460 g/mol. The largest absolute Gasteiger partial charge is 0.494 e. The van der Waals surface area contributed by atoms with E-state index in [4.69, 9.17) is 4.74 Å². The van der Waals surface area contributed by atoms with Crippen LogP contribution in [-0.4, -0.2) is 29.4 Å². The van der Waals surface area contributed by atoms with Gasteiger partial charge in [0, 0.05) is 11.5 Å². The van der Waals surface area contributed by atoms with Gasteiger partial charge in [0.15, 0.2) is 0 Å². The Hall–Kier alpha value is -3.47. The zero-order chi connectivity index (χ0) is 23.9. The van der Waals surface area contributed by atoms with E-state index < -0.39 is 23.8 Å². The van der Waals surface area contributed by atoms with Crippen molar-refractivity contribution in [3.63, 3.8) is 0 Å². The number of hydrogen-bond acceptors (Lipinski definition) is 3. The zero-order valence-electron chi connectivity index (χ0n) is 19.4. The van der Waals surface area contributed by atoms with E-state index in [2.05, 4.69) is 11.9 Å². The number of aliphatic imine (C=N–C) groups is 1. The van der Waals surface area contributed by atoms with E-state index in [1.165, 1.54) is 37.8 Å². The molecule has 2 aromatic rings. The summed E-state index contributed by atoms with van der Waals surface area (Å²) in [5, 5.41) is 9.64. The predicted molar refractivity (Wildman–Crippen MR) is 134 cm³/mol. The number of unbranched alkanes of at least 4 members (excludes halogenated alkanes) is 4. The molecule has 0 aromatic heterocycles. The lowest BCUT2D eigenvalue weighted by Crippen LogP contribution is -2.29. The van der Waals surface area contributed by atoms with Gasteiger partial charge in [-0.25, -0.2) is 9.18 Å². The number of nitrogens with zero attached hydrogens (tertiary/aromatic N) is 1. The van der Waals surface area contributed by atoms with Crippen LogP contribution in [0, 0.1) is 5.92 Å². The Kier molecular flexibility index (Phi) is 7.73. The molecule has 0 amide bonds. The number of ether oxygens (including phenoxy) is 1. The van der Waals surface area contributed by atoms with Gasteiger partial charge in [0.05, 0.1) is 18.4 Å². The Labute approximate surface area is 200 Å². The van der Waals surface area contributed by atoms with Gasteiger partial charge in [-0.3, -0.25) is 4.99 Å². The molecular formula is C29H30FNO3. The summed E-state index contributed by atoms with van der Waals surface area (Å²) in [6.07, 6.45) is 11.9. The maximum atomic E-state index is 13.7. The van der Waals surface area contributed by atoms with Crippen LogP contribution < -0.4 is 4.74 Å². The number of halogens is 1. The summed E-state index contributed by atoms with van der Waals surface area (Å²) in [5.41, 5.74) is 3.69. The van der Waals surface area contributed by atoms with Crippen molar-refractivity contribution in [1.29, 1.82) is 0 Å². The molecule has 4 rings (SSSR count). The third kappa shape index (κ3) is 5.71. The van der Waals surface area contributed by atoms with Gasteiger partial charge in [-0.05, 0) is 53.5 Å². The van der Waals surface area contributed by atoms with Gasteiger partial charge in [-0.2, -0.15) is 0 Å².